The molecule has 6 heteroatoms. The van der Waals surface area contributed by atoms with Crippen molar-refractivity contribution in [1.82, 2.24) is 9.62 Å². The van der Waals surface area contributed by atoms with Gasteiger partial charge in [-0.25, -0.2) is 8.42 Å². The van der Waals surface area contributed by atoms with Gasteiger partial charge in [0.15, 0.2) is 0 Å². The SMILES string of the molecule is CCNCc1ccc(S(=O)(=O)N2CCCC2)cc1Cl. The number of hydrogen-bond acceptors (Lipinski definition) is 3. The van der Waals surface area contributed by atoms with Crippen LogP contribution in [0, 0.1) is 0 Å². The first kappa shape index (κ1) is 14.8. The molecule has 1 aliphatic rings. The van der Waals surface area contributed by atoms with Crippen molar-refractivity contribution in [2.24, 2.45) is 0 Å². The van der Waals surface area contributed by atoms with E-state index in [1.807, 2.05) is 6.92 Å². The van der Waals surface area contributed by atoms with Gasteiger partial charge in [-0.15, -0.1) is 0 Å². The molecule has 1 fully saturated rings. The summed E-state index contributed by atoms with van der Waals surface area (Å²) < 4.78 is 26.3. The first-order chi connectivity index (χ1) is 9.05. The van der Waals surface area contributed by atoms with Crippen LogP contribution in [0.25, 0.3) is 0 Å². The van der Waals surface area contributed by atoms with E-state index < -0.39 is 10.0 Å². The van der Waals surface area contributed by atoms with Crippen LogP contribution < -0.4 is 5.32 Å². The molecule has 1 aromatic rings. The van der Waals surface area contributed by atoms with E-state index in [0.717, 1.165) is 24.9 Å². The second-order valence-corrected chi connectivity index (χ2v) is 6.99. The Morgan fingerprint density at radius 1 is 1.32 bits per heavy atom. The summed E-state index contributed by atoms with van der Waals surface area (Å²) >= 11 is 6.15. The molecule has 1 aliphatic heterocycles. The molecule has 0 unspecified atom stereocenters. The summed E-state index contributed by atoms with van der Waals surface area (Å²) in [5, 5.41) is 3.68. The summed E-state index contributed by atoms with van der Waals surface area (Å²) in [5.41, 5.74) is 0.920. The minimum absolute atomic E-state index is 0.291. The zero-order valence-corrected chi connectivity index (χ0v) is 12.6. The molecule has 0 spiro atoms. The monoisotopic (exact) mass is 302 g/mol. The molecule has 106 valence electrons. The van der Waals surface area contributed by atoms with Gasteiger partial charge >= 0.3 is 0 Å². The van der Waals surface area contributed by atoms with Gasteiger partial charge in [0.1, 0.15) is 0 Å². The Hall–Kier alpha value is -0.620. The molecule has 2 rings (SSSR count). The van der Waals surface area contributed by atoms with Crippen LogP contribution in [0.2, 0.25) is 5.02 Å². The summed E-state index contributed by atoms with van der Waals surface area (Å²) in [4.78, 5) is 0.291. The van der Waals surface area contributed by atoms with E-state index in [1.54, 1.807) is 18.2 Å². The second kappa shape index (κ2) is 6.22. The molecule has 1 saturated heterocycles. The molecule has 1 aromatic carbocycles. The van der Waals surface area contributed by atoms with E-state index >= 15 is 0 Å². The van der Waals surface area contributed by atoms with E-state index in [9.17, 15) is 8.42 Å². The van der Waals surface area contributed by atoms with Crippen molar-refractivity contribution >= 4 is 21.6 Å². The molecule has 19 heavy (non-hydrogen) atoms. The minimum Gasteiger partial charge on any atom is -0.313 e. The van der Waals surface area contributed by atoms with E-state index in [2.05, 4.69) is 5.32 Å². The maximum Gasteiger partial charge on any atom is 0.243 e. The summed E-state index contributed by atoms with van der Waals surface area (Å²) in [5.74, 6) is 0. The van der Waals surface area contributed by atoms with Gasteiger partial charge < -0.3 is 5.32 Å². The van der Waals surface area contributed by atoms with Crippen LogP contribution in [0.5, 0.6) is 0 Å². The topological polar surface area (TPSA) is 49.4 Å². The Labute approximate surface area is 119 Å². The van der Waals surface area contributed by atoms with E-state index in [4.69, 9.17) is 11.6 Å². The van der Waals surface area contributed by atoms with Gasteiger partial charge in [-0.2, -0.15) is 4.31 Å². The van der Waals surface area contributed by atoms with E-state index in [1.165, 1.54) is 4.31 Å². The first-order valence-corrected chi connectivity index (χ1v) is 8.37. The zero-order chi connectivity index (χ0) is 13.9. The van der Waals surface area contributed by atoms with E-state index in [-0.39, 0.29) is 0 Å². The van der Waals surface area contributed by atoms with Crippen LogP contribution in [0.15, 0.2) is 23.1 Å². The third-order valence-corrected chi connectivity index (χ3v) is 5.54. The highest BCUT2D eigenvalue weighted by molar-refractivity contribution is 7.89. The highest BCUT2D eigenvalue weighted by atomic mass is 35.5. The smallest absolute Gasteiger partial charge is 0.243 e. The van der Waals surface area contributed by atoms with Crippen molar-refractivity contribution in [2.75, 3.05) is 19.6 Å². The molecule has 0 saturated carbocycles. The van der Waals surface area contributed by atoms with Gasteiger partial charge in [0.05, 0.1) is 4.90 Å². The van der Waals surface area contributed by atoms with Gasteiger partial charge in [0.2, 0.25) is 10.0 Å². The Balaban J connectivity index is 2.23. The fourth-order valence-corrected chi connectivity index (χ4v) is 4.02. The number of nitrogens with zero attached hydrogens (tertiary/aromatic N) is 1. The summed E-state index contributed by atoms with van der Waals surface area (Å²) in [6.45, 7) is 4.74. The van der Waals surface area contributed by atoms with Gasteiger partial charge in [-0.3, -0.25) is 0 Å². The van der Waals surface area contributed by atoms with Crippen molar-refractivity contribution in [2.45, 2.75) is 31.2 Å². The lowest BCUT2D eigenvalue weighted by Crippen LogP contribution is -2.27. The number of rotatable bonds is 5. The molecule has 1 N–H and O–H groups in total. The van der Waals surface area contributed by atoms with Crippen molar-refractivity contribution < 1.29 is 8.42 Å². The highest BCUT2D eigenvalue weighted by Crippen LogP contribution is 2.25. The van der Waals surface area contributed by atoms with Crippen molar-refractivity contribution in [3.8, 4) is 0 Å². The van der Waals surface area contributed by atoms with E-state index in [0.29, 0.717) is 29.6 Å². The van der Waals surface area contributed by atoms with Crippen molar-refractivity contribution in [3.63, 3.8) is 0 Å². The number of nitrogens with one attached hydrogen (secondary N) is 1. The summed E-state index contributed by atoms with van der Waals surface area (Å²) in [6, 6.07) is 4.99. The molecule has 0 aromatic heterocycles. The third kappa shape index (κ3) is 3.28. The molecule has 0 aliphatic carbocycles. The average molecular weight is 303 g/mol. The lowest BCUT2D eigenvalue weighted by Gasteiger charge is -2.16. The van der Waals surface area contributed by atoms with Gasteiger partial charge in [-0.05, 0) is 37.1 Å². The highest BCUT2D eigenvalue weighted by Gasteiger charge is 2.27. The molecular weight excluding hydrogens is 284 g/mol. The normalized spacial score (nSPS) is 16.9. The Bertz CT molecular complexity index is 540. The predicted octanol–water partition coefficient (Wildman–Crippen LogP) is 2.23. The van der Waals surface area contributed by atoms with Crippen LogP contribution in [0.4, 0.5) is 0 Å². The standard InChI is InChI=1S/C13H19ClN2O2S/c1-2-15-10-11-5-6-12(9-13(11)14)19(17,18)16-7-3-4-8-16/h5-6,9,15H,2-4,7-8,10H2,1H3. The van der Waals surface area contributed by atoms with Crippen LogP contribution in [-0.2, 0) is 16.6 Å². The maximum absolute atomic E-state index is 12.4. The molecule has 0 amide bonds. The van der Waals surface area contributed by atoms with Crippen molar-refractivity contribution in [3.05, 3.63) is 28.8 Å². The fourth-order valence-electron chi connectivity index (χ4n) is 2.17. The number of sulfonamides is 1. The zero-order valence-electron chi connectivity index (χ0n) is 11.0. The number of halogens is 1. The Morgan fingerprint density at radius 3 is 2.58 bits per heavy atom. The van der Waals surface area contributed by atoms with Gasteiger partial charge in [-0.1, -0.05) is 24.6 Å². The molecule has 0 atom stereocenters. The summed E-state index contributed by atoms with van der Waals surface area (Å²) in [6.07, 6.45) is 1.87. The van der Waals surface area contributed by atoms with Crippen LogP contribution in [-0.4, -0.2) is 32.4 Å². The molecule has 0 bridgehead atoms. The number of hydrogen-bond donors (Lipinski definition) is 1. The Morgan fingerprint density at radius 2 is 2.00 bits per heavy atom. The Kier molecular flexibility index (Phi) is 4.84. The largest absolute Gasteiger partial charge is 0.313 e. The lowest BCUT2D eigenvalue weighted by molar-refractivity contribution is 0.477. The average Bonchev–Trinajstić information content (AvgIpc) is 2.91. The molecule has 0 radical (unpaired) electrons. The third-order valence-electron chi connectivity index (χ3n) is 3.29. The van der Waals surface area contributed by atoms with Crippen LogP contribution in [0.1, 0.15) is 25.3 Å². The molecular formula is C13H19ClN2O2S. The molecule has 4 nitrogen and oxygen atoms in total. The predicted molar refractivity (Wildman–Crippen MR) is 76.8 cm³/mol. The van der Waals surface area contributed by atoms with Crippen LogP contribution in [0.3, 0.4) is 0 Å². The minimum atomic E-state index is -3.37. The quantitative estimate of drug-likeness (QED) is 0.907. The second-order valence-electron chi connectivity index (χ2n) is 4.64. The molecule has 1 heterocycles. The van der Waals surface area contributed by atoms with Gasteiger partial charge in [0, 0.05) is 24.7 Å². The van der Waals surface area contributed by atoms with Crippen LogP contribution >= 0.6 is 11.6 Å². The van der Waals surface area contributed by atoms with Gasteiger partial charge in [0.25, 0.3) is 0 Å². The first-order valence-electron chi connectivity index (χ1n) is 6.55. The van der Waals surface area contributed by atoms with Crippen molar-refractivity contribution in [1.29, 1.82) is 0 Å². The number of benzene rings is 1. The maximum atomic E-state index is 12.4. The lowest BCUT2D eigenvalue weighted by atomic mass is 10.2. The fraction of sp³-hybridized carbons (Fsp3) is 0.538. The summed E-state index contributed by atoms with van der Waals surface area (Å²) in [7, 11) is -3.37.